The number of anilines is 2. The fraction of sp³-hybridized carbons (Fsp3) is 0.324. The molecule has 4 heterocycles. The van der Waals surface area contributed by atoms with Gasteiger partial charge in [-0.2, -0.15) is 0 Å². The predicted octanol–water partition coefficient (Wildman–Crippen LogP) is 4.81. The molecule has 0 aliphatic carbocycles. The van der Waals surface area contributed by atoms with E-state index in [-0.39, 0.29) is 30.9 Å². The minimum atomic E-state index is -1.44. The third kappa shape index (κ3) is 4.70. The van der Waals surface area contributed by atoms with Gasteiger partial charge in [-0.1, -0.05) is 91.4 Å². The summed E-state index contributed by atoms with van der Waals surface area (Å²) in [6, 6.07) is 24.1. The number of hydrogen-bond acceptors (Lipinski definition) is 5. The van der Waals surface area contributed by atoms with Gasteiger partial charge >= 0.3 is 0 Å². The summed E-state index contributed by atoms with van der Waals surface area (Å²) >= 11 is 6.18. The Labute approximate surface area is 273 Å². The van der Waals surface area contributed by atoms with Gasteiger partial charge in [0.1, 0.15) is 11.6 Å². The van der Waals surface area contributed by atoms with Crippen LogP contribution in [0.4, 0.5) is 11.4 Å². The van der Waals surface area contributed by atoms with E-state index >= 15 is 4.79 Å². The van der Waals surface area contributed by atoms with Gasteiger partial charge in [0.25, 0.3) is 5.91 Å². The summed E-state index contributed by atoms with van der Waals surface area (Å²) in [4.78, 5) is 49.5. The smallest absolute Gasteiger partial charge is 0.253 e. The Balaban J connectivity index is 1.38. The van der Waals surface area contributed by atoms with Crippen molar-refractivity contribution in [3.63, 3.8) is 0 Å². The summed E-state index contributed by atoms with van der Waals surface area (Å²) in [5.41, 5.74) is -0.291. The van der Waals surface area contributed by atoms with Crippen LogP contribution < -0.4 is 9.80 Å². The Morgan fingerprint density at radius 1 is 0.804 bits per heavy atom. The molecule has 1 spiro atoms. The number of nitrogens with zero attached hydrogens (tertiary/aromatic N) is 3. The van der Waals surface area contributed by atoms with Crippen molar-refractivity contribution in [1.82, 2.24) is 4.90 Å². The second-order valence-electron chi connectivity index (χ2n) is 12.4. The molecule has 1 unspecified atom stereocenters. The zero-order chi connectivity index (χ0) is 32.1. The number of para-hydroxylation sites is 1. The molecular weight excluding hydrogens is 602 g/mol. The summed E-state index contributed by atoms with van der Waals surface area (Å²) < 4.78 is 7.12. The molecule has 0 radical (unpaired) electrons. The van der Waals surface area contributed by atoms with Crippen LogP contribution in [0.2, 0.25) is 5.02 Å². The lowest BCUT2D eigenvalue weighted by Crippen LogP contribution is -2.59. The van der Waals surface area contributed by atoms with Crippen molar-refractivity contribution < 1.29 is 24.2 Å². The molecule has 46 heavy (non-hydrogen) atoms. The monoisotopic (exact) mass is 637 g/mol. The Kier molecular flexibility index (Phi) is 7.83. The minimum absolute atomic E-state index is 0.225. The van der Waals surface area contributed by atoms with Gasteiger partial charge in [-0.15, -0.1) is 0 Å². The number of halogens is 1. The maximum atomic E-state index is 15.0. The van der Waals surface area contributed by atoms with Gasteiger partial charge < -0.3 is 24.5 Å². The number of benzene rings is 3. The topological polar surface area (TPSA) is 90.4 Å². The van der Waals surface area contributed by atoms with Crippen molar-refractivity contribution in [2.75, 3.05) is 29.5 Å². The molecule has 0 bridgehead atoms. The van der Waals surface area contributed by atoms with Crippen LogP contribution in [0.25, 0.3) is 0 Å². The lowest BCUT2D eigenvalue weighted by Gasteiger charge is -2.41. The fourth-order valence-electron chi connectivity index (χ4n) is 7.92. The minimum Gasteiger partial charge on any atom is -0.394 e. The summed E-state index contributed by atoms with van der Waals surface area (Å²) in [7, 11) is 0. The first-order valence-corrected chi connectivity index (χ1v) is 16.2. The molecule has 8 nitrogen and oxygen atoms in total. The molecule has 3 aromatic rings. The summed E-state index contributed by atoms with van der Waals surface area (Å²) in [5, 5.41) is 11.4. The number of ether oxygens (including phenoxy) is 1. The Morgan fingerprint density at radius 3 is 2.07 bits per heavy atom. The molecular formula is C37H36ClN3O5. The van der Waals surface area contributed by atoms with E-state index in [1.807, 2.05) is 91.9 Å². The number of likely N-dealkylation sites (tertiary alicyclic amines) is 1. The van der Waals surface area contributed by atoms with E-state index in [1.54, 1.807) is 34.1 Å². The van der Waals surface area contributed by atoms with E-state index < -0.39 is 35.1 Å². The zero-order valence-electron chi connectivity index (χ0n) is 25.5. The summed E-state index contributed by atoms with van der Waals surface area (Å²) in [6.45, 7) is 2.15. The zero-order valence-corrected chi connectivity index (χ0v) is 26.3. The van der Waals surface area contributed by atoms with Crippen LogP contribution in [0.5, 0.6) is 0 Å². The second-order valence-corrected chi connectivity index (χ2v) is 12.8. The van der Waals surface area contributed by atoms with E-state index in [0.29, 0.717) is 30.1 Å². The van der Waals surface area contributed by atoms with Crippen molar-refractivity contribution in [2.24, 2.45) is 11.8 Å². The van der Waals surface area contributed by atoms with Gasteiger partial charge in [-0.25, -0.2) is 0 Å². The number of amides is 3. The van der Waals surface area contributed by atoms with Crippen LogP contribution in [0, 0.1) is 11.8 Å². The van der Waals surface area contributed by atoms with Crippen LogP contribution in [-0.4, -0.2) is 70.7 Å². The maximum absolute atomic E-state index is 15.0. The predicted molar refractivity (Wildman–Crippen MR) is 176 cm³/mol. The number of carbonyl (C=O) groups is 3. The molecule has 1 N–H and O–H groups in total. The largest absolute Gasteiger partial charge is 0.394 e. The van der Waals surface area contributed by atoms with Crippen molar-refractivity contribution >= 4 is 40.7 Å². The van der Waals surface area contributed by atoms with Crippen LogP contribution in [-0.2, 0) is 25.5 Å². The lowest BCUT2D eigenvalue weighted by atomic mass is 9.73. The molecule has 7 rings (SSSR count). The van der Waals surface area contributed by atoms with Crippen LogP contribution >= 0.6 is 11.6 Å². The first-order chi connectivity index (χ1) is 22.3. The Hall–Kier alpha value is -4.24. The van der Waals surface area contributed by atoms with Crippen molar-refractivity contribution in [2.45, 2.75) is 43.1 Å². The number of rotatable bonds is 7. The number of fused-ring (bicyclic) bond motifs is 2. The third-order valence-corrected chi connectivity index (χ3v) is 10.3. The van der Waals surface area contributed by atoms with E-state index in [2.05, 4.69) is 0 Å². The average Bonchev–Trinajstić information content (AvgIpc) is 3.37. The molecule has 0 saturated carbocycles. The second kappa shape index (κ2) is 11.8. The molecule has 0 aromatic heterocycles. The number of aliphatic hydroxyl groups excluding tert-OH is 1. The Bertz CT molecular complexity index is 1700. The summed E-state index contributed by atoms with van der Waals surface area (Å²) in [6.07, 6.45) is 8.31. The fourth-order valence-corrected chi connectivity index (χ4v) is 8.05. The quantitative estimate of drug-likeness (QED) is 0.376. The van der Waals surface area contributed by atoms with Crippen molar-refractivity contribution in [3.05, 3.63) is 120 Å². The standard InChI is InChI=1S/C37H36ClN3O5/c1-2-36-19-9-21-39(27-13-7-4-8-14-27)33(43)30(36)31-34(44)41(29(24-42)23-25-11-5-3-6-12-25)32-35(45)40(22-10-20-37(31,32)46-36)28-17-15-26(38)16-18-28/h3-20,29-32,42H,2,21-24H2,1H3/t29-,30-,31+,32?,36+,37+/m1/s1. The molecule has 4 aliphatic heterocycles. The first kappa shape index (κ1) is 30.4. The molecule has 4 aliphatic rings. The number of aliphatic hydroxyl groups is 1. The average molecular weight is 638 g/mol. The third-order valence-electron chi connectivity index (χ3n) is 10.0. The molecule has 2 saturated heterocycles. The maximum Gasteiger partial charge on any atom is 0.253 e. The number of carbonyl (C=O) groups excluding carboxylic acids is 3. The van der Waals surface area contributed by atoms with E-state index in [9.17, 15) is 14.7 Å². The highest BCUT2D eigenvalue weighted by Crippen LogP contribution is 2.59. The highest BCUT2D eigenvalue weighted by Gasteiger charge is 2.76. The van der Waals surface area contributed by atoms with Gasteiger partial charge in [0.2, 0.25) is 11.8 Å². The van der Waals surface area contributed by atoms with Crippen LogP contribution in [0.3, 0.4) is 0 Å². The number of hydrogen-bond donors (Lipinski definition) is 1. The Morgan fingerprint density at radius 2 is 1.41 bits per heavy atom. The normalized spacial score (nSPS) is 29.3. The van der Waals surface area contributed by atoms with Crippen LogP contribution in [0.15, 0.2) is 109 Å². The highest BCUT2D eigenvalue weighted by atomic mass is 35.5. The molecule has 9 heteroatoms. The molecule has 3 amide bonds. The van der Waals surface area contributed by atoms with E-state index in [1.165, 1.54) is 4.90 Å². The van der Waals surface area contributed by atoms with Crippen molar-refractivity contribution in [3.8, 4) is 0 Å². The SMILES string of the molecule is CC[C@]12C=CCN(c3ccccc3)C(=O)[C@H]1[C@H]1C(=O)N([C@@H](CO)Cc3ccccc3)C3C(=O)N(c4ccc(Cl)cc4)CC=C[C@@]31O2. The lowest BCUT2D eigenvalue weighted by molar-refractivity contribution is -0.149. The van der Waals surface area contributed by atoms with Gasteiger partial charge in [0.15, 0.2) is 0 Å². The molecule has 2 fully saturated rings. The highest BCUT2D eigenvalue weighted by molar-refractivity contribution is 6.30. The van der Waals surface area contributed by atoms with Gasteiger partial charge in [-0.3, -0.25) is 14.4 Å². The van der Waals surface area contributed by atoms with E-state index in [0.717, 1.165) is 11.3 Å². The molecule has 3 aromatic carbocycles. The van der Waals surface area contributed by atoms with Crippen molar-refractivity contribution in [1.29, 1.82) is 0 Å². The summed E-state index contributed by atoms with van der Waals surface area (Å²) in [5.74, 6) is -2.82. The van der Waals surface area contributed by atoms with Gasteiger partial charge in [0.05, 0.1) is 30.1 Å². The van der Waals surface area contributed by atoms with Gasteiger partial charge in [-0.05, 0) is 54.8 Å². The van der Waals surface area contributed by atoms with Crippen LogP contribution in [0.1, 0.15) is 18.9 Å². The van der Waals surface area contributed by atoms with E-state index in [4.69, 9.17) is 16.3 Å². The van der Waals surface area contributed by atoms with Gasteiger partial charge in [0, 0.05) is 29.5 Å². The first-order valence-electron chi connectivity index (χ1n) is 15.8. The molecule has 236 valence electrons. The molecule has 6 atom stereocenters.